The zero-order chi connectivity index (χ0) is 23.3. The van der Waals surface area contributed by atoms with Gasteiger partial charge < -0.3 is 23.5 Å². The van der Waals surface area contributed by atoms with E-state index in [0.29, 0.717) is 32.6 Å². The maximum absolute atomic E-state index is 12.5. The number of fused-ring (bicyclic) bond motifs is 1. The van der Waals surface area contributed by atoms with E-state index in [1.807, 2.05) is 0 Å². The fraction of sp³-hybridized carbons (Fsp3) is 0.286. The molecule has 2 aromatic carbocycles. The Hall–Kier alpha value is -2.75. The number of hydrogen-bond acceptors (Lipinski definition) is 7. The van der Waals surface area contributed by atoms with Gasteiger partial charge in [-0.3, -0.25) is 9.59 Å². The van der Waals surface area contributed by atoms with E-state index in [0.717, 1.165) is 4.70 Å². The summed E-state index contributed by atoms with van der Waals surface area (Å²) in [6.45, 7) is 1.48. The summed E-state index contributed by atoms with van der Waals surface area (Å²) in [4.78, 5) is 29.1. The molecule has 3 rings (SSSR count). The van der Waals surface area contributed by atoms with Gasteiger partial charge in [-0.25, -0.2) is 0 Å². The van der Waals surface area contributed by atoms with Crippen molar-refractivity contribution in [1.82, 2.24) is 4.57 Å². The number of carbonyl (C=O) groups excluding carboxylic acids is 2. The van der Waals surface area contributed by atoms with Crippen molar-refractivity contribution in [3.05, 3.63) is 45.2 Å². The van der Waals surface area contributed by atoms with Crippen molar-refractivity contribution in [2.45, 2.75) is 13.5 Å². The highest BCUT2D eigenvalue weighted by Gasteiger charge is 2.16. The summed E-state index contributed by atoms with van der Waals surface area (Å²) in [6, 6.07) is 8.16. The number of benzene rings is 2. The molecular formula is C21H20Cl2N2O6S. The summed E-state index contributed by atoms with van der Waals surface area (Å²) in [5.74, 6) is 0.293. The molecule has 1 aromatic heterocycles. The number of nitrogens with zero attached hydrogens (tertiary/aromatic N) is 2. The van der Waals surface area contributed by atoms with Crippen molar-refractivity contribution >= 4 is 56.6 Å². The van der Waals surface area contributed by atoms with Gasteiger partial charge >= 0.3 is 5.97 Å². The van der Waals surface area contributed by atoms with E-state index in [4.69, 9.17) is 42.1 Å². The summed E-state index contributed by atoms with van der Waals surface area (Å²) in [6.07, 6.45) is 0. The van der Waals surface area contributed by atoms with Crippen LogP contribution in [0.1, 0.15) is 6.92 Å². The standard InChI is InChI=1S/C21H20Cl2N2O6S/c1-4-30-20(27)10-25-14-8-16(28-2)17(29-3)9-18(14)32-21(25)24-19(26)11-31-15-6-5-12(22)7-13(15)23/h5-9H,4,10-11H2,1-3H3. The molecule has 0 saturated heterocycles. The zero-order valence-corrected chi connectivity index (χ0v) is 19.8. The molecule has 0 unspecified atom stereocenters. The normalized spacial score (nSPS) is 11.5. The van der Waals surface area contributed by atoms with Crippen LogP contribution >= 0.6 is 34.5 Å². The first-order valence-electron chi connectivity index (χ1n) is 9.42. The van der Waals surface area contributed by atoms with Crippen LogP contribution in [0.3, 0.4) is 0 Å². The number of halogens is 2. The Morgan fingerprint density at radius 1 is 1.06 bits per heavy atom. The van der Waals surface area contributed by atoms with Gasteiger partial charge in [-0.1, -0.05) is 34.5 Å². The predicted octanol–water partition coefficient (Wildman–Crippen LogP) is 4.10. The molecule has 0 saturated carbocycles. The molecule has 1 amide bonds. The maximum atomic E-state index is 12.5. The Kier molecular flexibility index (Phi) is 8.00. The van der Waals surface area contributed by atoms with Crippen LogP contribution < -0.4 is 19.0 Å². The fourth-order valence-corrected chi connectivity index (χ4v) is 4.36. The van der Waals surface area contributed by atoms with E-state index >= 15 is 0 Å². The summed E-state index contributed by atoms with van der Waals surface area (Å²) in [7, 11) is 3.04. The molecule has 8 nitrogen and oxygen atoms in total. The van der Waals surface area contributed by atoms with Gasteiger partial charge in [0.25, 0.3) is 5.91 Å². The van der Waals surface area contributed by atoms with Crippen LogP contribution in [-0.2, 0) is 20.9 Å². The van der Waals surface area contributed by atoms with Crippen molar-refractivity contribution in [3.8, 4) is 17.2 Å². The minimum Gasteiger partial charge on any atom is -0.493 e. The minimum absolute atomic E-state index is 0.126. The molecule has 3 aromatic rings. The second-order valence-corrected chi connectivity index (χ2v) is 8.17. The second-order valence-electron chi connectivity index (χ2n) is 6.32. The number of aromatic nitrogens is 1. The van der Waals surface area contributed by atoms with E-state index in [-0.39, 0.29) is 24.8 Å². The van der Waals surface area contributed by atoms with Gasteiger partial charge in [0.15, 0.2) is 22.9 Å². The van der Waals surface area contributed by atoms with Crippen LogP contribution in [0, 0.1) is 0 Å². The SMILES string of the molecule is CCOC(=O)Cn1c(=NC(=O)COc2ccc(Cl)cc2Cl)sc2cc(OC)c(OC)cc21. The van der Waals surface area contributed by atoms with Gasteiger partial charge in [0.05, 0.1) is 36.1 Å². The molecule has 0 fully saturated rings. The van der Waals surface area contributed by atoms with Crippen LogP contribution in [0.5, 0.6) is 17.2 Å². The highest BCUT2D eigenvalue weighted by molar-refractivity contribution is 7.16. The number of amides is 1. The van der Waals surface area contributed by atoms with Gasteiger partial charge in [-0.2, -0.15) is 4.99 Å². The van der Waals surface area contributed by atoms with Crippen LogP contribution in [0.2, 0.25) is 10.0 Å². The summed E-state index contributed by atoms with van der Waals surface area (Å²) >= 11 is 13.2. The van der Waals surface area contributed by atoms with Crippen LogP contribution in [0.25, 0.3) is 10.2 Å². The lowest BCUT2D eigenvalue weighted by Crippen LogP contribution is -2.24. The molecule has 11 heteroatoms. The Bertz CT molecular complexity index is 1220. The number of carbonyl (C=O) groups is 2. The lowest BCUT2D eigenvalue weighted by atomic mass is 10.3. The smallest absolute Gasteiger partial charge is 0.326 e. The molecule has 0 aliphatic carbocycles. The van der Waals surface area contributed by atoms with E-state index in [1.54, 1.807) is 35.8 Å². The lowest BCUT2D eigenvalue weighted by Gasteiger charge is -2.09. The average Bonchev–Trinajstić information content (AvgIpc) is 3.07. The van der Waals surface area contributed by atoms with Crippen molar-refractivity contribution in [3.63, 3.8) is 0 Å². The molecule has 0 radical (unpaired) electrons. The third-order valence-corrected chi connectivity index (χ3v) is 5.82. The number of rotatable bonds is 8. The van der Waals surface area contributed by atoms with Gasteiger partial charge in [0, 0.05) is 17.2 Å². The molecule has 0 aliphatic heterocycles. The number of methoxy groups -OCH3 is 2. The van der Waals surface area contributed by atoms with Crippen LogP contribution in [0.15, 0.2) is 35.3 Å². The molecule has 0 spiro atoms. The third kappa shape index (κ3) is 5.53. The van der Waals surface area contributed by atoms with Crippen LogP contribution in [-0.4, -0.2) is 43.9 Å². The second kappa shape index (κ2) is 10.7. The molecular weight excluding hydrogens is 479 g/mol. The van der Waals surface area contributed by atoms with E-state index in [2.05, 4.69) is 4.99 Å². The van der Waals surface area contributed by atoms with Crippen LogP contribution in [0.4, 0.5) is 0 Å². The van der Waals surface area contributed by atoms with E-state index in [1.165, 1.54) is 31.6 Å². The summed E-state index contributed by atoms with van der Waals surface area (Å²) < 4.78 is 23.6. The van der Waals surface area contributed by atoms with Gasteiger partial charge in [-0.05, 0) is 25.1 Å². The first-order valence-corrected chi connectivity index (χ1v) is 11.0. The average molecular weight is 499 g/mol. The first kappa shape index (κ1) is 23.9. The van der Waals surface area contributed by atoms with E-state index in [9.17, 15) is 9.59 Å². The molecule has 0 bridgehead atoms. The van der Waals surface area contributed by atoms with Crippen molar-refractivity contribution in [2.24, 2.45) is 4.99 Å². The van der Waals surface area contributed by atoms with Crippen molar-refractivity contribution in [1.29, 1.82) is 0 Å². The molecule has 1 heterocycles. The molecule has 32 heavy (non-hydrogen) atoms. The summed E-state index contributed by atoms with van der Waals surface area (Å²) in [5.41, 5.74) is 0.647. The number of ether oxygens (including phenoxy) is 4. The number of thiazole rings is 1. The van der Waals surface area contributed by atoms with Crippen molar-refractivity contribution < 1.29 is 28.5 Å². The quantitative estimate of drug-likeness (QED) is 0.434. The summed E-state index contributed by atoms with van der Waals surface area (Å²) in [5, 5.41) is 0.734. The fourth-order valence-electron chi connectivity index (χ4n) is 2.84. The predicted molar refractivity (Wildman–Crippen MR) is 122 cm³/mol. The highest BCUT2D eigenvalue weighted by atomic mass is 35.5. The Morgan fingerprint density at radius 2 is 1.78 bits per heavy atom. The molecule has 0 N–H and O–H groups in total. The third-order valence-electron chi connectivity index (χ3n) is 4.25. The minimum atomic E-state index is -0.556. The Labute approximate surface area is 197 Å². The maximum Gasteiger partial charge on any atom is 0.326 e. The highest BCUT2D eigenvalue weighted by Crippen LogP contribution is 2.33. The first-order chi connectivity index (χ1) is 15.4. The molecule has 170 valence electrons. The van der Waals surface area contributed by atoms with Gasteiger partial charge in [-0.15, -0.1) is 0 Å². The molecule has 0 aliphatic rings. The number of hydrogen-bond donors (Lipinski definition) is 0. The monoisotopic (exact) mass is 498 g/mol. The lowest BCUT2D eigenvalue weighted by molar-refractivity contribution is -0.143. The largest absolute Gasteiger partial charge is 0.493 e. The Balaban J connectivity index is 1.97. The van der Waals surface area contributed by atoms with Gasteiger partial charge in [0.1, 0.15) is 12.3 Å². The van der Waals surface area contributed by atoms with Gasteiger partial charge in [0.2, 0.25) is 0 Å². The topological polar surface area (TPSA) is 88.4 Å². The molecule has 0 atom stereocenters. The van der Waals surface area contributed by atoms with Crippen molar-refractivity contribution in [2.75, 3.05) is 27.4 Å². The Morgan fingerprint density at radius 3 is 2.44 bits per heavy atom. The number of esters is 1. The zero-order valence-electron chi connectivity index (χ0n) is 17.5. The van der Waals surface area contributed by atoms with E-state index < -0.39 is 11.9 Å².